The van der Waals surface area contributed by atoms with Crippen molar-refractivity contribution >= 4 is 0 Å². The van der Waals surface area contributed by atoms with E-state index in [-0.39, 0.29) is 12.0 Å². The first kappa shape index (κ1) is 10.7. The van der Waals surface area contributed by atoms with Gasteiger partial charge in [-0.15, -0.1) is 0 Å². The third kappa shape index (κ3) is 1.91. The number of para-hydroxylation sites is 1. The van der Waals surface area contributed by atoms with Crippen molar-refractivity contribution in [3.05, 3.63) is 41.7 Å². The molecule has 0 amide bonds. The normalized spacial score (nSPS) is 24.3. The highest BCUT2D eigenvalue weighted by Crippen LogP contribution is 2.37. The van der Waals surface area contributed by atoms with Crippen molar-refractivity contribution < 1.29 is 9.47 Å². The Morgan fingerprint density at radius 1 is 1.29 bits per heavy atom. The van der Waals surface area contributed by atoms with Crippen LogP contribution in [0.15, 0.2) is 36.1 Å². The Kier molecular flexibility index (Phi) is 2.77. The topological polar surface area (TPSA) is 44.5 Å². The molecule has 0 spiro atoms. The van der Waals surface area contributed by atoms with E-state index in [2.05, 4.69) is 6.07 Å². The number of hydrogen-bond acceptors (Lipinski definition) is 3. The van der Waals surface area contributed by atoms with E-state index in [0.717, 1.165) is 25.2 Å². The highest BCUT2D eigenvalue weighted by atomic mass is 16.5. The number of ether oxygens (including phenoxy) is 2. The number of benzene rings is 1. The van der Waals surface area contributed by atoms with E-state index in [1.807, 2.05) is 24.5 Å². The molecular weight excluding hydrogens is 214 g/mol. The van der Waals surface area contributed by atoms with Gasteiger partial charge in [0.05, 0.1) is 19.5 Å². The SMILES string of the molecule is NC(C1=COCCC1)C1COc2ccccc21. The quantitative estimate of drug-likeness (QED) is 0.848. The van der Waals surface area contributed by atoms with Gasteiger partial charge in [-0.3, -0.25) is 0 Å². The minimum Gasteiger partial charge on any atom is -0.501 e. The highest BCUT2D eigenvalue weighted by Gasteiger charge is 2.31. The van der Waals surface area contributed by atoms with Gasteiger partial charge in [0.25, 0.3) is 0 Å². The lowest BCUT2D eigenvalue weighted by molar-refractivity contribution is 0.218. The van der Waals surface area contributed by atoms with Crippen molar-refractivity contribution in [3.63, 3.8) is 0 Å². The summed E-state index contributed by atoms with van der Waals surface area (Å²) in [5, 5.41) is 0. The van der Waals surface area contributed by atoms with Gasteiger partial charge >= 0.3 is 0 Å². The number of hydrogen-bond donors (Lipinski definition) is 1. The predicted octanol–water partition coefficient (Wildman–Crippen LogP) is 2.18. The van der Waals surface area contributed by atoms with Crippen molar-refractivity contribution in [1.29, 1.82) is 0 Å². The highest BCUT2D eigenvalue weighted by molar-refractivity contribution is 5.42. The molecule has 0 bridgehead atoms. The zero-order valence-corrected chi connectivity index (χ0v) is 9.76. The summed E-state index contributed by atoms with van der Waals surface area (Å²) in [5.41, 5.74) is 8.78. The monoisotopic (exact) mass is 231 g/mol. The summed E-state index contributed by atoms with van der Waals surface area (Å²) < 4.78 is 11.0. The maximum absolute atomic E-state index is 6.34. The summed E-state index contributed by atoms with van der Waals surface area (Å²) in [5.74, 6) is 1.24. The molecule has 2 heterocycles. The minimum absolute atomic E-state index is 0.0129. The van der Waals surface area contributed by atoms with Crippen LogP contribution in [-0.2, 0) is 4.74 Å². The Hall–Kier alpha value is -1.48. The van der Waals surface area contributed by atoms with E-state index in [9.17, 15) is 0 Å². The van der Waals surface area contributed by atoms with Gasteiger partial charge in [0.1, 0.15) is 5.75 Å². The van der Waals surface area contributed by atoms with Crippen LogP contribution < -0.4 is 10.5 Å². The Balaban J connectivity index is 1.84. The molecule has 3 rings (SSSR count). The van der Waals surface area contributed by atoms with E-state index in [1.54, 1.807) is 0 Å². The van der Waals surface area contributed by atoms with E-state index in [1.165, 1.54) is 11.1 Å². The summed E-state index contributed by atoms with van der Waals surface area (Å²) in [6.07, 6.45) is 3.95. The van der Waals surface area contributed by atoms with Gasteiger partial charge in [0.2, 0.25) is 0 Å². The van der Waals surface area contributed by atoms with Gasteiger partial charge in [0, 0.05) is 17.5 Å². The van der Waals surface area contributed by atoms with E-state index in [0.29, 0.717) is 6.61 Å². The second-order valence-corrected chi connectivity index (χ2v) is 4.65. The summed E-state index contributed by atoms with van der Waals surface area (Å²) in [6.45, 7) is 1.49. The van der Waals surface area contributed by atoms with Crippen LogP contribution in [0.4, 0.5) is 0 Å². The first-order valence-corrected chi connectivity index (χ1v) is 6.14. The van der Waals surface area contributed by atoms with Crippen LogP contribution in [0.2, 0.25) is 0 Å². The molecule has 2 N–H and O–H groups in total. The molecular formula is C14H17NO2. The molecule has 0 aliphatic carbocycles. The summed E-state index contributed by atoms with van der Waals surface area (Å²) in [7, 11) is 0. The van der Waals surface area contributed by atoms with Gasteiger partial charge in [-0.1, -0.05) is 18.2 Å². The third-order valence-electron chi connectivity index (χ3n) is 3.56. The fraction of sp³-hybridized carbons (Fsp3) is 0.429. The number of fused-ring (bicyclic) bond motifs is 1. The first-order valence-electron chi connectivity index (χ1n) is 6.14. The van der Waals surface area contributed by atoms with Crippen LogP contribution in [0, 0.1) is 0 Å². The van der Waals surface area contributed by atoms with Crippen LogP contribution in [-0.4, -0.2) is 19.3 Å². The molecule has 0 fully saturated rings. The average molecular weight is 231 g/mol. The molecule has 2 atom stereocenters. The predicted molar refractivity (Wildman–Crippen MR) is 65.9 cm³/mol. The molecule has 0 radical (unpaired) electrons. The van der Waals surface area contributed by atoms with Gasteiger partial charge in [-0.2, -0.15) is 0 Å². The lowest BCUT2D eigenvalue weighted by atomic mass is 9.87. The van der Waals surface area contributed by atoms with Gasteiger partial charge in [-0.25, -0.2) is 0 Å². The fourth-order valence-corrected chi connectivity index (χ4v) is 2.57. The lowest BCUT2D eigenvalue weighted by Gasteiger charge is -2.24. The summed E-state index contributed by atoms with van der Waals surface area (Å²) in [6, 6.07) is 8.17. The number of nitrogens with two attached hydrogens (primary N) is 1. The molecule has 1 aromatic carbocycles. The fourth-order valence-electron chi connectivity index (χ4n) is 2.57. The van der Waals surface area contributed by atoms with Crippen LogP contribution in [0.5, 0.6) is 5.75 Å². The smallest absolute Gasteiger partial charge is 0.122 e. The van der Waals surface area contributed by atoms with Crippen LogP contribution in [0.3, 0.4) is 0 Å². The van der Waals surface area contributed by atoms with Crippen molar-refractivity contribution in [2.75, 3.05) is 13.2 Å². The van der Waals surface area contributed by atoms with Crippen LogP contribution in [0.1, 0.15) is 24.3 Å². The second-order valence-electron chi connectivity index (χ2n) is 4.65. The van der Waals surface area contributed by atoms with E-state index >= 15 is 0 Å². The number of rotatable bonds is 2. The third-order valence-corrected chi connectivity index (χ3v) is 3.56. The van der Waals surface area contributed by atoms with Gasteiger partial charge in [0.15, 0.2) is 0 Å². The molecule has 0 saturated heterocycles. The molecule has 17 heavy (non-hydrogen) atoms. The Morgan fingerprint density at radius 2 is 2.18 bits per heavy atom. The molecule has 2 aliphatic heterocycles. The molecule has 3 nitrogen and oxygen atoms in total. The van der Waals surface area contributed by atoms with Gasteiger partial charge < -0.3 is 15.2 Å². The molecule has 90 valence electrons. The maximum Gasteiger partial charge on any atom is 0.122 e. The Morgan fingerprint density at radius 3 is 3.00 bits per heavy atom. The average Bonchev–Trinajstić information content (AvgIpc) is 2.83. The van der Waals surface area contributed by atoms with Crippen molar-refractivity contribution in [3.8, 4) is 5.75 Å². The van der Waals surface area contributed by atoms with Crippen molar-refractivity contribution in [2.24, 2.45) is 5.73 Å². The molecule has 0 saturated carbocycles. The van der Waals surface area contributed by atoms with E-state index < -0.39 is 0 Å². The summed E-state index contributed by atoms with van der Waals surface area (Å²) in [4.78, 5) is 0. The maximum atomic E-state index is 6.34. The zero-order chi connectivity index (χ0) is 11.7. The molecule has 2 aliphatic rings. The minimum atomic E-state index is 0.0129. The standard InChI is InChI=1S/C14H17NO2/c15-14(10-4-3-7-16-8-10)12-9-17-13-6-2-1-5-11(12)13/h1-2,5-6,8,12,14H,3-4,7,9,15H2. The molecule has 0 aromatic heterocycles. The molecule has 1 aromatic rings. The lowest BCUT2D eigenvalue weighted by Crippen LogP contribution is -2.32. The molecule has 2 unspecified atom stereocenters. The Bertz CT molecular complexity index is 442. The largest absolute Gasteiger partial charge is 0.501 e. The first-order chi connectivity index (χ1) is 8.36. The second kappa shape index (κ2) is 4.41. The van der Waals surface area contributed by atoms with Gasteiger partial charge in [-0.05, 0) is 24.5 Å². The van der Waals surface area contributed by atoms with E-state index in [4.69, 9.17) is 15.2 Å². The van der Waals surface area contributed by atoms with Crippen LogP contribution in [0.25, 0.3) is 0 Å². The zero-order valence-electron chi connectivity index (χ0n) is 9.76. The molecule has 3 heteroatoms. The van der Waals surface area contributed by atoms with Crippen molar-refractivity contribution in [2.45, 2.75) is 24.8 Å². The summed E-state index contributed by atoms with van der Waals surface area (Å²) >= 11 is 0. The Labute approximate surface area is 101 Å². The van der Waals surface area contributed by atoms with Crippen molar-refractivity contribution in [1.82, 2.24) is 0 Å². The van der Waals surface area contributed by atoms with Crippen LogP contribution >= 0.6 is 0 Å².